The average Bonchev–Trinajstić information content (AvgIpc) is 2.78. The van der Waals surface area contributed by atoms with Gasteiger partial charge >= 0.3 is 0 Å². The van der Waals surface area contributed by atoms with Gasteiger partial charge in [0.1, 0.15) is 0 Å². The van der Waals surface area contributed by atoms with E-state index < -0.39 is 0 Å². The van der Waals surface area contributed by atoms with E-state index in [0.717, 1.165) is 19.6 Å². The third kappa shape index (κ3) is 6.12. The molecule has 2 unspecified atom stereocenters. The molecule has 1 fully saturated rings. The lowest BCUT2D eigenvalue weighted by molar-refractivity contribution is -0.125. The van der Waals surface area contributed by atoms with Crippen LogP contribution in [0.2, 0.25) is 0 Å². The summed E-state index contributed by atoms with van der Waals surface area (Å²) in [4.78, 5) is 20.3. The van der Waals surface area contributed by atoms with E-state index in [2.05, 4.69) is 19.2 Å². The maximum atomic E-state index is 12.0. The lowest BCUT2D eigenvalue weighted by Crippen LogP contribution is -2.48. The Bertz CT molecular complexity index is 247. The molecule has 5 heteroatoms. The van der Waals surface area contributed by atoms with Gasteiger partial charge in [0.25, 0.3) is 6.47 Å². The second kappa shape index (κ2) is 9.05. The molecule has 5 nitrogen and oxygen atoms in total. The molecular weight excluding hydrogens is 234 g/mol. The maximum Gasteiger partial charge on any atom is 0.290 e. The molecule has 18 heavy (non-hydrogen) atoms. The van der Waals surface area contributed by atoms with Crippen LogP contribution in [0.15, 0.2) is 0 Å². The summed E-state index contributed by atoms with van der Waals surface area (Å²) in [7, 11) is 0. The smallest absolute Gasteiger partial charge is 0.290 e. The third-order valence-electron chi connectivity index (χ3n) is 2.89. The summed E-state index contributed by atoms with van der Waals surface area (Å²) in [5.41, 5.74) is 0. The Morgan fingerprint density at radius 1 is 1.39 bits per heavy atom. The Balaban J connectivity index is 0.000000873. The Labute approximate surface area is 109 Å². The first kappa shape index (κ1) is 17.1. The van der Waals surface area contributed by atoms with E-state index in [0.29, 0.717) is 17.7 Å². The first-order valence-electron chi connectivity index (χ1n) is 6.39. The predicted molar refractivity (Wildman–Crippen MR) is 69.5 cm³/mol. The predicted octanol–water partition coefficient (Wildman–Crippen LogP) is 1.32. The highest BCUT2D eigenvalue weighted by Crippen LogP contribution is 2.13. The van der Waals surface area contributed by atoms with Crippen LogP contribution < -0.4 is 5.32 Å². The highest BCUT2D eigenvalue weighted by Gasteiger charge is 2.28. The number of Topliss-reactive ketones (excluding diaryl/α,β-unsaturated/α-hetero) is 1. The first-order valence-corrected chi connectivity index (χ1v) is 6.39. The lowest BCUT2D eigenvalue weighted by atomic mass is 9.92. The van der Waals surface area contributed by atoms with Crippen LogP contribution in [0.3, 0.4) is 0 Å². The first-order chi connectivity index (χ1) is 8.43. The summed E-state index contributed by atoms with van der Waals surface area (Å²) in [6, 6.07) is 0.344. The number of carbonyl (C=O) groups is 2. The molecule has 0 radical (unpaired) electrons. The standard InChI is InChI=1S/C12H23NO2.CH2O2/c1-8(2)11(12(14)9(3)4)13-10-5-6-15-7-10;2-1-3/h8-11,13H,5-7H2,1-4H3;1H,(H,2,3). The zero-order valence-corrected chi connectivity index (χ0v) is 11.7. The van der Waals surface area contributed by atoms with Crippen molar-refractivity contribution in [3.05, 3.63) is 0 Å². The van der Waals surface area contributed by atoms with Gasteiger partial charge in [-0.15, -0.1) is 0 Å². The average molecular weight is 259 g/mol. The van der Waals surface area contributed by atoms with Crippen LogP contribution in [-0.2, 0) is 14.3 Å². The fourth-order valence-corrected chi connectivity index (χ4v) is 1.88. The minimum absolute atomic E-state index is 0.0169. The molecule has 0 aromatic heterocycles. The minimum atomic E-state index is -0.250. The van der Waals surface area contributed by atoms with Crippen molar-refractivity contribution in [3.63, 3.8) is 0 Å². The molecule has 1 heterocycles. The molecule has 2 N–H and O–H groups in total. The van der Waals surface area contributed by atoms with E-state index in [9.17, 15) is 4.79 Å². The van der Waals surface area contributed by atoms with Gasteiger partial charge in [-0.1, -0.05) is 27.7 Å². The van der Waals surface area contributed by atoms with Crippen LogP contribution in [0.25, 0.3) is 0 Å². The number of ketones is 1. The van der Waals surface area contributed by atoms with E-state index in [1.807, 2.05) is 13.8 Å². The van der Waals surface area contributed by atoms with Gasteiger partial charge in [0.05, 0.1) is 12.6 Å². The van der Waals surface area contributed by atoms with Crippen LogP contribution in [0.5, 0.6) is 0 Å². The molecule has 0 amide bonds. The topological polar surface area (TPSA) is 75.6 Å². The van der Waals surface area contributed by atoms with Crippen molar-refractivity contribution in [1.82, 2.24) is 5.32 Å². The molecule has 0 bridgehead atoms. The van der Waals surface area contributed by atoms with Gasteiger partial charge < -0.3 is 15.2 Å². The van der Waals surface area contributed by atoms with Crippen molar-refractivity contribution in [2.75, 3.05) is 13.2 Å². The van der Waals surface area contributed by atoms with E-state index >= 15 is 0 Å². The van der Waals surface area contributed by atoms with Gasteiger partial charge in [-0.05, 0) is 12.3 Å². The van der Waals surface area contributed by atoms with Crippen molar-refractivity contribution in [1.29, 1.82) is 0 Å². The normalized spacial score (nSPS) is 20.4. The van der Waals surface area contributed by atoms with Gasteiger partial charge in [-0.2, -0.15) is 0 Å². The zero-order chi connectivity index (χ0) is 14.1. The van der Waals surface area contributed by atoms with Gasteiger partial charge in [0, 0.05) is 18.6 Å². The molecule has 0 aromatic carbocycles. The summed E-state index contributed by atoms with van der Waals surface area (Å²) >= 11 is 0. The molecule has 0 aromatic rings. The number of nitrogens with one attached hydrogen (secondary N) is 1. The molecule has 2 atom stereocenters. The summed E-state index contributed by atoms with van der Waals surface area (Å²) in [6.45, 7) is 9.42. The van der Waals surface area contributed by atoms with Gasteiger partial charge in [-0.25, -0.2) is 0 Å². The molecule has 0 saturated carbocycles. The fraction of sp³-hybridized carbons (Fsp3) is 0.846. The van der Waals surface area contributed by atoms with Crippen LogP contribution in [-0.4, -0.2) is 42.7 Å². The van der Waals surface area contributed by atoms with E-state index in [-0.39, 0.29) is 18.4 Å². The van der Waals surface area contributed by atoms with Crippen molar-refractivity contribution < 1.29 is 19.4 Å². The highest BCUT2D eigenvalue weighted by molar-refractivity contribution is 5.86. The largest absolute Gasteiger partial charge is 0.483 e. The second-order valence-electron chi connectivity index (χ2n) is 5.11. The number of rotatable bonds is 5. The zero-order valence-electron chi connectivity index (χ0n) is 11.7. The van der Waals surface area contributed by atoms with Gasteiger partial charge in [0.2, 0.25) is 0 Å². The SMILES string of the molecule is CC(C)C(=O)C(NC1CCOC1)C(C)C.O=CO. The van der Waals surface area contributed by atoms with Crippen LogP contribution in [0.4, 0.5) is 0 Å². The minimum Gasteiger partial charge on any atom is -0.483 e. The molecule has 1 aliphatic rings. The Morgan fingerprint density at radius 3 is 2.28 bits per heavy atom. The van der Waals surface area contributed by atoms with E-state index in [1.165, 1.54) is 0 Å². The number of carboxylic acid groups (broad SMARTS) is 1. The number of hydrogen-bond donors (Lipinski definition) is 2. The van der Waals surface area contributed by atoms with E-state index in [4.69, 9.17) is 14.6 Å². The van der Waals surface area contributed by atoms with E-state index in [1.54, 1.807) is 0 Å². The molecular formula is C13H25NO4. The number of hydrogen-bond acceptors (Lipinski definition) is 4. The quantitative estimate of drug-likeness (QED) is 0.728. The van der Waals surface area contributed by atoms with Gasteiger partial charge in [0.15, 0.2) is 5.78 Å². The Hall–Kier alpha value is -0.940. The Morgan fingerprint density at radius 2 is 1.94 bits per heavy atom. The molecule has 0 aliphatic carbocycles. The third-order valence-corrected chi connectivity index (χ3v) is 2.89. The Kier molecular flexibility index (Phi) is 8.58. The van der Waals surface area contributed by atoms with Gasteiger partial charge in [-0.3, -0.25) is 9.59 Å². The van der Waals surface area contributed by atoms with Crippen molar-refractivity contribution in [3.8, 4) is 0 Å². The maximum absolute atomic E-state index is 12.0. The van der Waals surface area contributed by atoms with Crippen LogP contribution in [0.1, 0.15) is 34.1 Å². The number of ether oxygens (including phenoxy) is 1. The fourth-order valence-electron chi connectivity index (χ4n) is 1.88. The summed E-state index contributed by atoms with van der Waals surface area (Å²) in [5.74, 6) is 0.768. The monoisotopic (exact) mass is 259 g/mol. The summed E-state index contributed by atoms with van der Waals surface area (Å²) < 4.78 is 5.30. The molecule has 1 saturated heterocycles. The van der Waals surface area contributed by atoms with Crippen molar-refractivity contribution in [2.24, 2.45) is 11.8 Å². The van der Waals surface area contributed by atoms with Crippen molar-refractivity contribution in [2.45, 2.75) is 46.2 Å². The highest BCUT2D eigenvalue weighted by atomic mass is 16.5. The van der Waals surface area contributed by atoms with Crippen LogP contribution in [0, 0.1) is 11.8 Å². The van der Waals surface area contributed by atoms with Crippen LogP contribution >= 0.6 is 0 Å². The van der Waals surface area contributed by atoms with Crippen molar-refractivity contribution >= 4 is 12.3 Å². The molecule has 106 valence electrons. The summed E-state index contributed by atoms with van der Waals surface area (Å²) in [6.07, 6.45) is 1.02. The molecule has 0 spiro atoms. The number of carbonyl (C=O) groups excluding carboxylic acids is 1. The lowest BCUT2D eigenvalue weighted by Gasteiger charge is -2.25. The molecule has 1 aliphatic heterocycles. The second-order valence-corrected chi connectivity index (χ2v) is 5.11. The molecule has 1 rings (SSSR count). The summed E-state index contributed by atoms with van der Waals surface area (Å²) in [5, 5.41) is 10.3.